The lowest BCUT2D eigenvalue weighted by Gasteiger charge is -2.46. The molecule has 4 nitrogen and oxygen atoms in total. The molecule has 0 spiro atoms. The topological polar surface area (TPSA) is 32.8 Å². The van der Waals surface area contributed by atoms with E-state index in [0.717, 1.165) is 17.7 Å². The molecule has 0 N–H and O–H groups in total. The number of hydrogen-bond acceptors (Lipinski definition) is 4. The number of carbonyl (C=O) groups excluding carboxylic acids is 1. The molecule has 1 aliphatic heterocycles. The molecule has 34 heavy (non-hydrogen) atoms. The normalized spacial score (nSPS) is 18.8. The van der Waals surface area contributed by atoms with Gasteiger partial charge in [0.1, 0.15) is 16.9 Å². The fourth-order valence-electron chi connectivity index (χ4n) is 3.88. The molecule has 1 saturated heterocycles. The van der Waals surface area contributed by atoms with Crippen molar-refractivity contribution in [1.29, 1.82) is 0 Å². The van der Waals surface area contributed by atoms with E-state index in [1.165, 1.54) is 12.1 Å². The van der Waals surface area contributed by atoms with Crippen LogP contribution in [0.5, 0.6) is 11.5 Å². The summed E-state index contributed by atoms with van der Waals surface area (Å²) in [7, 11) is 0. The molecule has 0 radical (unpaired) electrons. The van der Waals surface area contributed by atoms with E-state index in [1.54, 1.807) is 17.8 Å². The third-order valence-corrected chi connectivity index (χ3v) is 7.60. The molecule has 1 aliphatic rings. The van der Waals surface area contributed by atoms with Gasteiger partial charge in [-0.05, 0) is 61.6 Å². The highest BCUT2D eigenvalue weighted by molar-refractivity contribution is 8.00. The predicted molar refractivity (Wildman–Crippen MR) is 130 cm³/mol. The molecular weight excluding hydrogens is 461 g/mol. The summed E-state index contributed by atoms with van der Waals surface area (Å²) in [5.74, 6) is 1.65. The molecule has 0 aromatic heterocycles. The zero-order valence-corrected chi connectivity index (χ0v) is 21.3. The Kier molecular flexibility index (Phi) is 8.24. The quantitative estimate of drug-likeness (QED) is 0.383. The lowest BCUT2D eigenvalue weighted by molar-refractivity contribution is -0.162. The third kappa shape index (κ3) is 5.89. The minimum Gasteiger partial charge on any atom is -0.457 e. The van der Waals surface area contributed by atoms with E-state index in [-0.39, 0.29) is 29.1 Å². The van der Waals surface area contributed by atoms with Crippen LogP contribution in [-0.4, -0.2) is 33.8 Å². The highest BCUT2D eigenvalue weighted by Crippen LogP contribution is 2.43. The van der Waals surface area contributed by atoms with Gasteiger partial charge in [0.15, 0.2) is 0 Å². The van der Waals surface area contributed by atoms with Gasteiger partial charge >= 0.3 is 6.18 Å². The number of nitrogens with zero attached hydrogens (tertiary/aromatic N) is 2. The first-order valence-electron chi connectivity index (χ1n) is 11.6. The summed E-state index contributed by atoms with van der Waals surface area (Å²) in [6.45, 7) is 12.9. The summed E-state index contributed by atoms with van der Waals surface area (Å²) in [6.07, 6.45) is -4.44. The van der Waals surface area contributed by atoms with Crippen LogP contribution in [0.25, 0.3) is 0 Å². The van der Waals surface area contributed by atoms with Crippen molar-refractivity contribution < 1.29 is 22.7 Å². The summed E-state index contributed by atoms with van der Waals surface area (Å²) >= 11 is 1.55. The largest absolute Gasteiger partial charge is 0.457 e. The van der Waals surface area contributed by atoms with Crippen LogP contribution in [0.3, 0.4) is 0 Å². The lowest BCUT2D eigenvalue weighted by Crippen LogP contribution is -2.56. The molecule has 2 aromatic rings. The highest BCUT2D eigenvalue weighted by Gasteiger charge is 2.42. The monoisotopic (exact) mass is 494 g/mol. The maximum atomic E-state index is 13.1. The minimum atomic E-state index is -4.44. The zero-order chi connectivity index (χ0) is 25.2. The molecule has 0 bridgehead atoms. The smallest absolute Gasteiger partial charge is 0.416 e. The van der Waals surface area contributed by atoms with Gasteiger partial charge in [-0.15, -0.1) is 11.8 Å². The first-order valence-corrected chi connectivity index (χ1v) is 12.6. The van der Waals surface area contributed by atoms with E-state index >= 15 is 0 Å². The van der Waals surface area contributed by atoms with Crippen LogP contribution in [0.2, 0.25) is 0 Å². The van der Waals surface area contributed by atoms with E-state index in [1.807, 2.05) is 23.2 Å². The molecule has 3 atom stereocenters. The maximum Gasteiger partial charge on any atom is 0.416 e. The molecule has 1 fully saturated rings. The Morgan fingerprint density at radius 1 is 0.941 bits per heavy atom. The van der Waals surface area contributed by atoms with Crippen molar-refractivity contribution in [1.82, 2.24) is 10.0 Å². The average Bonchev–Trinajstić information content (AvgIpc) is 3.14. The summed E-state index contributed by atoms with van der Waals surface area (Å²) in [4.78, 5) is 13.1. The van der Waals surface area contributed by atoms with E-state index < -0.39 is 11.7 Å². The number of amides is 1. The fraction of sp³-hybridized carbons (Fsp3) is 0.500. The van der Waals surface area contributed by atoms with E-state index in [9.17, 15) is 18.0 Å². The fourth-order valence-corrected chi connectivity index (χ4v) is 5.02. The van der Waals surface area contributed by atoms with Crippen LogP contribution in [0, 0.1) is 11.8 Å². The molecule has 3 rings (SSSR count). The lowest BCUT2D eigenvalue weighted by atomic mass is 9.99. The van der Waals surface area contributed by atoms with Gasteiger partial charge in [-0.3, -0.25) is 9.80 Å². The van der Waals surface area contributed by atoms with Crippen molar-refractivity contribution in [3.63, 3.8) is 0 Å². The van der Waals surface area contributed by atoms with Crippen molar-refractivity contribution in [3.8, 4) is 11.5 Å². The van der Waals surface area contributed by atoms with Crippen LogP contribution >= 0.6 is 11.8 Å². The number of thioether (sulfide) groups is 1. The Morgan fingerprint density at radius 2 is 1.50 bits per heavy atom. The number of benzene rings is 2. The first-order chi connectivity index (χ1) is 15.9. The second-order valence-electron chi connectivity index (χ2n) is 9.45. The molecule has 186 valence electrons. The van der Waals surface area contributed by atoms with Crippen LogP contribution in [-0.2, 0) is 11.0 Å². The van der Waals surface area contributed by atoms with Gasteiger partial charge in [-0.25, -0.2) is 5.01 Å². The number of carbonyl (C=O) groups is 1. The van der Waals surface area contributed by atoms with E-state index in [2.05, 4.69) is 46.6 Å². The first kappa shape index (κ1) is 26.4. The highest BCUT2D eigenvalue weighted by atomic mass is 32.2. The van der Waals surface area contributed by atoms with Crippen molar-refractivity contribution in [2.24, 2.45) is 11.8 Å². The number of hydrogen-bond donors (Lipinski definition) is 0. The summed E-state index contributed by atoms with van der Waals surface area (Å²) < 4.78 is 45.0. The van der Waals surface area contributed by atoms with Gasteiger partial charge in [-0.1, -0.05) is 45.9 Å². The van der Waals surface area contributed by atoms with Crippen molar-refractivity contribution in [2.45, 2.75) is 65.2 Å². The van der Waals surface area contributed by atoms with Crippen LogP contribution in [0.4, 0.5) is 13.2 Å². The number of halogens is 3. The molecule has 3 unspecified atom stereocenters. The average molecular weight is 495 g/mol. The summed E-state index contributed by atoms with van der Waals surface area (Å²) in [5.41, 5.74) is 0.113. The van der Waals surface area contributed by atoms with E-state index in [0.29, 0.717) is 23.3 Å². The van der Waals surface area contributed by atoms with Crippen LogP contribution in [0.1, 0.15) is 58.0 Å². The van der Waals surface area contributed by atoms with Gasteiger partial charge < -0.3 is 4.74 Å². The Bertz CT molecular complexity index is 982. The van der Waals surface area contributed by atoms with Gasteiger partial charge in [0, 0.05) is 12.1 Å². The third-order valence-electron chi connectivity index (χ3n) is 6.40. The van der Waals surface area contributed by atoms with Crippen molar-refractivity contribution in [3.05, 3.63) is 59.7 Å². The maximum absolute atomic E-state index is 13.1. The van der Waals surface area contributed by atoms with Crippen LogP contribution in [0.15, 0.2) is 48.5 Å². The Balaban J connectivity index is 1.92. The van der Waals surface area contributed by atoms with Gasteiger partial charge in [0.2, 0.25) is 5.91 Å². The Labute approximate surface area is 204 Å². The van der Waals surface area contributed by atoms with Crippen LogP contribution < -0.4 is 4.74 Å². The number of rotatable bonds is 8. The second-order valence-corrected chi connectivity index (χ2v) is 10.5. The van der Waals surface area contributed by atoms with Crippen molar-refractivity contribution >= 4 is 17.7 Å². The van der Waals surface area contributed by atoms with Gasteiger partial charge in [0.05, 0.1) is 11.3 Å². The molecular formula is C26H33F3N2O2S. The molecule has 0 saturated carbocycles. The molecule has 0 aliphatic carbocycles. The predicted octanol–water partition coefficient (Wildman–Crippen LogP) is 7.38. The zero-order valence-electron chi connectivity index (χ0n) is 20.5. The Morgan fingerprint density at radius 3 is 2.06 bits per heavy atom. The van der Waals surface area contributed by atoms with Gasteiger partial charge in [0.25, 0.3) is 0 Å². The van der Waals surface area contributed by atoms with Gasteiger partial charge in [-0.2, -0.15) is 13.2 Å². The SMILES string of the molecule is CC(C)C(C)N(C(C)C(C)C)N1C(=O)CSC1c1cccc(Oc2cccc(C(F)(F)F)c2)c1. The number of hydrazine groups is 1. The second kappa shape index (κ2) is 10.6. The number of ether oxygens (including phenoxy) is 1. The summed E-state index contributed by atoms with van der Waals surface area (Å²) in [5, 5.41) is 3.85. The minimum absolute atomic E-state index is 0.0548. The molecule has 1 amide bonds. The number of alkyl halides is 3. The standard InChI is InChI=1S/C26H33F3N2O2S/c1-16(2)18(5)30(19(6)17(3)4)31-24(32)15-34-25(31)20-9-7-11-22(13-20)33-23-12-8-10-21(14-23)26(27,28)29/h7-14,16-19,25H,15H2,1-6H3. The molecule has 1 heterocycles. The van der Waals surface area contributed by atoms with Crippen molar-refractivity contribution in [2.75, 3.05) is 5.75 Å². The summed E-state index contributed by atoms with van der Waals surface area (Å²) in [6, 6.07) is 12.4. The molecule has 8 heteroatoms. The van der Waals surface area contributed by atoms with E-state index in [4.69, 9.17) is 4.74 Å². The molecule has 2 aromatic carbocycles. The Hall–Kier alpha value is -2.19.